The first-order valence-electron chi connectivity index (χ1n) is 6.40. The number of esters is 1. The van der Waals surface area contributed by atoms with Crippen LogP contribution in [-0.4, -0.2) is 43.6 Å². The van der Waals surface area contributed by atoms with Gasteiger partial charge < -0.3 is 14.4 Å². The van der Waals surface area contributed by atoms with Crippen molar-refractivity contribution in [3.63, 3.8) is 0 Å². The Bertz CT molecular complexity index is 476. The number of ether oxygens (including phenoxy) is 2. The third kappa shape index (κ3) is 5.76. The van der Waals surface area contributed by atoms with E-state index in [2.05, 4.69) is 4.74 Å². The fourth-order valence-electron chi connectivity index (χ4n) is 1.59. The molecule has 21 heavy (non-hydrogen) atoms. The Morgan fingerprint density at radius 1 is 1.24 bits per heavy atom. The average Bonchev–Trinajstić information content (AvgIpc) is 2.44. The minimum Gasteiger partial charge on any atom is -0.466 e. The van der Waals surface area contributed by atoms with Crippen molar-refractivity contribution in [2.75, 3.05) is 20.2 Å². The van der Waals surface area contributed by atoms with Crippen molar-refractivity contribution in [3.05, 3.63) is 29.8 Å². The second kappa shape index (κ2) is 8.18. The van der Waals surface area contributed by atoms with Crippen molar-refractivity contribution in [1.29, 1.82) is 0 Å². The van der Waals surface area contributed by atoms with E-state index in [0.29, 0.717) is 12.2 Å². The molecule has 0 N–H and O–H groups in total. The Morgan fingerprint density at radius 3 is 2.38 bits per heavy atom. The predicted octanol–water partition coefficient (Wildman–Crippen LogP) is 2.31. The van der Waals surface area contributed by atoms with Gasteiger partial charge in [0.25, 0.3) is 5.91 Å². The summed E-state index contributed by atoms with van der Waals surface area (Å²) in [6, 6.07) is 5.36. The second-order valence-corrected chi connectivity index (χ2v) is 4.18. The fourth-order valence-corrected chi connectivity index (χ4v) is 1.59. The molecule has 0 aliphatic rings. The lowest BCUT2D eigenvalue weighted by molar-refractivity contribution is -0.143. The monoisotopic (exact) mass is 301 g/mol. The van der Waals surface area contributed by atoms with E-state index >= 15 is 0 Å². The van der Waals surface area contributed by atoms with E-state index in [0.717, 1.165) is 0 Å². The maximum absolute atomic E-state index is 12.0. The van der Waals surface area contributed by atoms with Gasteiger partial charge in [0.05, 0.1) is 13.0 Å². The van der Waals surface area contributed by atoms with Gasteiger partial charge in [0, 0.05) is 19.2 Å². The zero-order valence-electron chi connectivity index (χ0n) is 11.8. The molecule has 0 heterocycles. The number of nitrogens with zero attached hydrogens (tertiary/aromatic N) is 1. The second-order valence-electron chi connectivity index (χ2n) is 4.18. The molecule has 1 aromatic carbocycles. The van der Waals surface area contributed by atoms with Crippen molar-refractivity contribution in [2.45, 2.75) is 20.0 Å². The molecule has 0 aliphatic heterocycles. The van der Waals surface area contributed by atoms with Crippen LogP contribution >= 0.6 is 0 Å². The summed E-state index contributed by atoms with van der Waals surface area (Å²) in [5.41, 5.74) is 0.322. The Morgan fingerprint density at radius 2 is 1.86 bits per heavy atom. The maximum atomic E-state index is 12.0. The molecule has 1 amide bonds. The third-order valence-electron chi connectivity index (χ3n) is 2.63. The molecule has 0 fully saturated rings. The van der Waals surface area contributed by atoms with E-state index in [1.807, 2.05) is 0 Å². The number of rotatable bonds is 7. The minimum atomic E-state index is -2.90. The van der Waals surface area contributed by atoms with Crippen LogP contribution in [0.3, 0.4) is 0 Å². The highest BCUT2D eigenvalue weighted by atomic mass is 19.3. The number of benzene rings is 1. The number of amides is 1. The zero-order chi connectivity index (χ0) is 15.8. The van der Waals surface area contributed by atoms with Crippen LogP contribution in [0.1, 0.15) is 23.7 Å². The topological polar surface area (TPSA) is 55.8 Å². The molecule has 1 rings (SSSR count). The molecule has 116 valence electrons. The highest BCUT2D eigenvalue weighted by Crippen LogP contribution is 2.15. The normalized spacial score (nSPS) is 10.3. The first kappa shape index (κ1) is 16.9. The fraction of sp³-hybridized carbons (Fsp3) is 0.429. The SMILES string of the molecule is CCOC(=O)CCN(C)C(=O)c1ccc(OC(F)F)cc1. The maximum Gasteiger partial charge on any atom is 0.387 e. The van der Waals surface area contributed by atoms with Crippen LogP contribution in [0.4, 0.5) is 8.78 Å². The summed E-state index contributed by atoms with van der Waals surface area (Å²) in [6.07, 6.45) is 0.0999. The van der Waals surface area contributed by atoms with Gasteiger partial charge in [-0.1, -0.05) is 0 Å². The Kier molecular flexibility index (Phi) is 6.58. The smallest absolute Gasteiger partial charge is 0.387 e. The molecular formula is C14H17F2NO4. The van der Waals surface area contributed by atoms with E-state index in [1.165, 1.54) is 29.2 Å². The van der Waals surface area contributed by atoms with Gasteiger partial charge in [-0.3, -0.25) is 9.59 Å². The lowest BCUT2D eigenvalue weighted by atomic mass is 10.2. The van der Waals surface area contributed by atoms with Gasteiger partial charge in [-0.05, 0) is 31.2 Å². The molecule has 0 radical (unpaired) electrons. The first-order chi connectivity index (χ1) is 9.93. The summed E-state index contributed by atoms with van der Waals surface area (Å²) < 4.78 is 33.0. The molecule has 1 aromatic rings. The summed E-state index contributed by atoms with van der Waals surface area (Å²) in [5, 5.41) is 0. The molecule has 0 spiro atoms. The lowest BCUT2D eigenvalue weighted by Gasteiger charge is -2.16. The molecule has 7 heteroatoms. The number of hydrogen-bond donors (Lipinski definition) is 0. The Labute approximate surface area is 121 Å². The van der Waals surface area contributed by atoms with Crippen molar-refractivity contribution >= 4 is 11.9 Å². The molecule has 0 saturated heterocycles. The van der Waals surface area contributed by atoms with Crippen LogP contribution in [0.25, 0.3) is 0 Å². The average molecular weight is 301 g/mol. The highest BCUT2D eigenvalue weighted by molar-refractivity contribution is 5.94. The van der Waals surface area contributed by atoms with Crippen LogP contribution in [0.15, 0.2) is 24.3 Å². The summed E-state index contributed by atoms with van der Waals surface area (Å²) in [4.78, 5) is 24.6. The summed E-state index contributed by atoms with van der Waals surface area (Å²) in [7, 11) is 1.55. The van der Waals surface area contributed by atoms with Crippen molar-refractivity contribution in [3.8, 4) is 5.75 Å². The minimum absolute atomic E-state index is 0.0178. The summed E-state index contributed by atoms with van der Waals surface area (Å²) in [6.45, 7) is -0.691. The van der Waals surface area contributed by atoms with Crippen molar-refractivity contribution in [2.24, 2.45) is 0 Å². The molecule has 5 nitrogen and oxygen atoms in total. The van der Waals surface area contributed by atoms with Gasteiger partial charge in [-0.25, -0.2) is 0 Å². The van der Waals surface area contributed by atoms with Crippen LogP contribution < -0.4 is 4.74 Å². The van der Waals surface area contributed by atoms with Crippen molar-refractivity contribution in [1.82, 2.24) is 4.90 Å². The van der Waals surface area contributed by atoms with Gasteiger partial charge in [-0.15, -0.1) is 0 Å². The number of carbonyl (C=O) groups is 2. The van der Waals surface area contributed by atoms with Gasteiger partial charge in [0.2, 0.25) is 0 Å². The van der Waals surface area contributed by atoms with E-state index in [1.54, 1.807) is 14.0 Å². The Balaban J connectivity index is 2.55. The molecule has 0 atom stereocenters. The van der Waals surface area contributed by atoms with Crippen LogP contribution in [0, 0.1) is 0 Å². The van der Waals surface area contributed by atoms with Crippen LogP contribution in [0.2, 0.25) is 0 Å². The summed E-state index contributed by atoms with van der Waals surface area (Å²) >= 11 is 0. The standard InChI is InChI=1S/C14H17F2NO4/c1-3-20-12(18)8-9-17(2)13(19)10-4-6-11(7-5-10)21-14(15)16/h4-7,14H,3,8-9H2,1-2H3. The van der Waals surface area contributed by atoms with Crippen molar-refractivity contribution < 1.29 is 27.8 Å². The number of carbonyl (C=O) groups excluding carboxylic acids is 2. The zero-order valence-corrected chi connectivity index (χ0v) is 11.8. The van der Waals surface area contributed by atoms with Gasteiger partial charge in [-0.2, -0.15) is 8.78 Å². The number of hydrogen-bond acceptors (Lipinski definition) is 4. The molecule has 0 saturated carbocycles. The predicted molar refractivity (Wildman–Crippen MR) is 71.3 cm³/mol. The Hall–Kier alpha value is -2.18. The molecule has 0 aromatic heterocycles. The number of halogens is 2. The van der Waals surface area contributed by atoms with Crippen LogP contribution in [-0.2, 0) is 9.53 Å². The first-order valence-corrected chi connectivity index (χ1v) is 6.40. The van der Waals surface area contributed by atoms with Gasteiger partial charge in [0.15, 0.2) is 0 Å². The summed E-state index contributed by atoms with van der Waals surface area (Å²) in [5.74, 6) is -0.712. The van der Waals surface area contributed by atoms with E-state index in [4.69, 9.17) is 4.74 Å². The quantitative estimate of drug-likeness (QED) is 0.725. The molecule has 0 bridgehead atoms. The molecule has 0 aliphatic carbocycles. The highest BCUT2D eigenvalue weighted by Gasteiger charge is 2.14. The van der Waals surface area contributed by atoms with E-state index < -0.39 is 6.61 Å². The largest absolute Gasteiger partial charge is 0.466 e. The van der Waals surface area contributed by atoms with Gasteiger partial charge in [0.1, 0.15) is 5.75 Å². The molecular weight excluding hydrogens is 284 g/mol. The van der Waals surface area contributed by atoms with Gasteiger partial charge >= 0.3 is 12.6 Å². The lowest BCUT2D eigenvalue weighted by Crippen LogP contribution is -2.29. The third-order valence-corrected chi connectivity index (χ3v) is 2.63. The number of alkyl halides is 2. The van der Waals surface area contributed by atoms with E-state index in [-0.39, 0.29) is 30.6 Å². The van der Waals surface area contributed by atoms with Crippen LogP contribution in [0.5, 0.6) is 5.75 Å². The van der Waals surface area contributed by atoms with E-state index in [9.17, 15) is 18.4 Å². The molecule has 0 unspecified atom stereocenters.